The highest BCUT2D eigenvalue weighted by Gasteiger charge is 2.29. The number of hydrogen-bond acceptors (Lipinski definition) is 5. The molecule has 7 nitrogen and oxygen atoms in total. The maximum Gasteiger partial charge on any atom is 0.256 e. The molecule has 1 heterocycles. The van der Waals surface area contributed by atoms with Crippen LogP contribution in [0.2, 0.25) is 0 Å². The Bertz CT molecular complexity index is 1280. The van der Waals surface area contributed by atoms with Crippen molar-refractivity contribution in [1.29, 1.82) is 0 Å². The summed E-state index contributed by atoms with van der Waals surface area (Å²) in [5.74, 6) is -3.21. The lowest BCUT2D eigenvalue weighted by Crippen LogP contribution is -2.53. The number of nitrogens with one attached hydrogen (secondary N) is 2. The summed E-state index contributed by atoms with van der Waals surface area (Å²) < 4.78 is 27.0. The smallest absolute Gasteiger partial charge is 0.256 e. The number of imide groups is 1. The normalized spacial score (nSPS) is 14.9. The molecule has 1 aliphatic heterocycles. The summed E-state index contributed by atoms with van der Waals surface area (Å²) in [6.07, 6.45) is 1.45. The fourth-order valence-corrected chi connectivity index (χ4v) is 4.87. The monoisotopic (exact) mass is 548 g/mol. The Morgan fingerprint density at radius 3 is 2.12 bits per heavy atom. The molecule has 1 aliphatic rings. The quantitative estimate of drug-likeness (QED) is 0.403. The van der Waals surface area contributed by atoms with Crippen molar-refractivity contribution >= 4 is 23.4 Å². The predicted octanol–water partition coefficient (Wildman–Crippen LogP) is 3.83. The van der Waals surface area contributed by atoms with Gasteiger partial charge in [-0.2, -0.15) is 0 Å². The number of benzene rings is 3. The van der Waals surface area contributed by atoms with Crippen LogP contribution in [0.1, 0.15) is 30.9 Å². The van der Waals surface area contributed by atoms with E-state index in [1.54, 1.807) is 30.3 Å². The Morgan fingerprint density at radius 2 is 1.50 bits per heavy atom. The van der Waals surface area contributed by atoms with Crippen LogP contribution in [0.15, 0.2) is 78.9 Å². The van der Waals surface area contributed by atoms with Crippen LogP contribution in [0, 0.1) is 11.6 Å². The third-order valence-corrected chi connectivity index (χ3v) is 6.90. The van der Waals surface area contributed by atoms with Gasteiger partial charge in [0.05, 0.1) is 18.7 Å². The van der Waals surface area contributed by atoms with Crippen molar-refractivity contribution in [2.75, 3.05) is 24.5 Å². The number of anilines is 1. The number of carbonyl (C=O) groups is 3. The Balaban J connectivity index is 1.33. The number of para-hydroxylation sites is 1. The number of piperidine rings is 1. The molecular formula is C31H34F2N4O3. The van der Waals surface area contributed by atoms with E-state index in [4.69, 9.17) is 0 Å². The second kappa shape index (κ2) is 13.9. The summed E-state index contributed by atoms with van der Waals surface area (Å²) in [6, 6.07) is 20.8. The molecule has 2 N–H and O–H groups in total. The second-order valence-corrected chi connectivity index (χ2v) is 10.1. The number of carbonyl (C=O) groups excluding carboxylic acids is 3. The van der Waals surface area contributed by atoms with Crippen LogP contribution in [0.4, 0.5) is 14.5 Å². The minimum Gasteiger partial charge on any atom is -0.344 e. The minimum atomic E-state index is -1.05. The summed E-state index contributed by atoms with van der Waals surface area (Å²) in [6.45, 7) is 4.14. The van der Waals surface area contributed by atoms with Crippen molar-refractivity contribution in [2.45, 2.75) is 44.8 Å². The van der Waals surface area contributed by atoms with Crippen LogP contribution in [0.25, 0.3) is 0 Å². The zero-order valence-corrected chi connectivity index (χ0v) is 22.5. The first-order valence-electron chi connectivity index (χ1n) is 13.4. The molecule has 1 atom stereocenters. The maximum absolute atomic E-state index is 13.5. The van der Waals surface area contributed by atoms with Crippen LogP contribution in [-0.4, -0.2) is 54.3 Å². The number of amides is 3. The van der Waals surface area contributed by atoms with E-state index in [0.717, 1.165) is 55.6 Å². The molecule has 40 heavy (non-hydrogen) atoms. The zero-order valence-electron chi connectivity index (χ0n) is 22.5. The summed E-state index contributed by atoms with van der Waals surface area (Å²) in [4.78, 5) is 42.7. The van der Waals surface area contributed by atoms with E-state index >= 15 is 0 Å². The SMILES string of the molecule is C[C@H](NC(=O)Cc1cc(F)cc(F)c1)C(=O)N(C(=O)CNC1CCN(Cc2ccccc2)CC1)c1ccccc1. The Hall–Kier alpha value is -3.95. The molecule has 0 aliphatic carbocycles. The highest BCUT2D eigenvalue weighted by molar-refractivity contribution is 6.17. The van der Waals surface area contributed by atoms with Gasteiger partial charge >= 0.3 is 0 Å². The van der Waals surface area contributed by atoms with Crippen LogP contribution in [-0.2, 0) is 27.3 Å². The lowest BCUT2D eigenvalue weighted by Gasteiger charge is -2.33. The number of likely N-dealkylation sites (tertiary alicyclic amines) is 1. The standard InChI is InChI=1S/C31H34F2N4O3/c1-22(35-29(38)18-24-16-25(32)19-26(33)17-24)31(40)37(28-10-6-3-7-11-28)30(39)20-34-27-12-14-36(15-13-27)21-23-8-4-2-5-9-23/h2-11,16-17,19,22,27,34H,12-15,18,20-21H2,1H3,(H,35,38)/t22-/m0/s1. The van der Waals surface area contributed by atoms with Gasteiger partial charge in [0.25, 0.3) is 5.91 Å². The topological polar surface area (TPSA) is 81.8 Å². The van der Waals surface area contributed by atoms with Gasteiger partial charge in [-0.1, -0.05) is 48.5 Å². The fraction of sp³-hybridized carbons (Fsp3) is 0.323. The molecule has 0 aromatic heterocycles. The highest BCUT2D eigenvalue weighted by Crippen LogP contribution is 2.17. The maximum atomic E-state index is 13.5. The third kappa shape index (κ3) is 8.27. The first kappa shape index (κ1) is 29.0. The summed E-state index contributed by atoms with van der Waals surface area (Å²) >= 11 is 0. The first-order valence-corrected chi connectivity index (χ1v) is 13.4. The molecule has 1 saturated heterocycles. The zero-order chi connectivity index (χ0) is 28.5. The molecule has 0 saturated carbocycles. The summed E-state index contributed by atoms with van der Waals surface area (Å²) in [5, 5.41) is 5.85. The van der Waals surface area contributed by atoms with Gasteiger partial charge in [-0.25, -0.2) is 13.7 Å². The molecule has 3 aromatic carbocycles. The van der Waals surface area contributed by atoms with Crippen molar-refractivity contribution in [1.82, 2.24) is 15.5 Å². The molecule has 0 radical (unpaired) electrons. The molecule has 3 amide bonds. The van der Waals surface area contributed by atoms with Gasteiger partial charge in [0, 0.05) is 18.7 Å². The lowest BCUT2D eigenvalue weighted by molar-refractivity contribution is -0.130. The van der Waals surface area contributed by atoms with Gasteiger partial charge in [-0.3, -0.25) is 19.3 Å². The van der Waals surface area contributed by atoms with E-state index in [-0.39, 0.29) is 24.6 Å². The predicted molar refractivity (Wildman–Crippen MR) is 149 cm³/mol. The van der Waals surface area contributed by atoms with E-state index in [0.29, 0.717) is 5.69 Å². The summed E-state index contributed by atoms with van der Waals surface area (Å²) in [7, 11) is 0. The average Bonchev–Trinajstić information content (AvgIpc) is 2.93. The van der Waals surface area contributed by atoms with E-state index in [9.17, 15) is 23.2 Å². The number of rotatable bonds is 10. The van der Waals surface area contributed by atoms with Gasteiger partial charge in [0.2, 0.25) is 11.8 Å². The molecule has 0 spiro atoms. The van der Waals surface area contributed by atoms with Crippen LogP contribution in [0.5, 0.6) is 0 Å². The molecule has 1 fully saturated rings. The summed E-state index contributed by atoms with van der Waals surface area (Å²) in [5.41, 5.74) is 1.81. The Kier molecular flexibility index (Phi) is 10.1. The van der Waals surface area contributed by atoms with E-state index in [2.05, 4.69) is 27.7 Å². The lowest BCUT2D eigenvalue weighted by atomic mass is 10.0. The Labute approximate surface area is 233 Å². The van der Waals surface area contributed by atoms with Gasteiger partial charge in [-0.05, 0) is 68.2 Å². The molecule has 0 bridgehead atoms. The molecule has 9 heteroatoms. The van der Waals surface area contributed by atoms with Crippen molar-refractivity contribution in [3.05, 3.63) is 102 Å². The largest absolute Gasteiger partial charge is 0.344 e. The van der Waals surface area contributed by atoms with Crippen LogP contribution < -0.4 is 15.5 Å². The highest BCUT2D eigenvalue weighted by atomic mass is 19.1. The van der Waals surface area contributed by atoms with Crippen molar-refractivity contribution in [3.63, 3.8) is 0 Å². The van der Waals surface area contributed by atoms with E-state index in [1.165, 1.54) is 12.5 Å². The molecule has 4 rings (SSSR count). The number of nitrogens with zero attached hydrogens (tertiary/aromatic N) is 2. The van der Waals surface area contributed by atoms with Gasteiger partial charge < -0.3 is 10.6 Å². The van der Waals surface area contributed by atoms with Crippen LogP contribution >= 0.6 is 0 Å². The number of halogens is 2. The molecule has 3 aromatic rings. The van der Waals surface area contributed by atoms with Gasteiger partial charge in [0.15, 0.2) is 0 Å². The average molecular weight is 549 g/mol. The molecule has 0 unspecified atom stereocenters. The first-order chi connectivity index (χ1) is 19.3. The van der Waals surface area contributed by atoms with Crippen LogP contribution in [0.3, 0.4) is 0 Å². The third-order valence-electron chi connectivity index (χ3n) is 6.90. The molecule has 210 valence electrons. The number of hydrogen-bond donors (Lipinski definition) is 2. The van der Waals surface area contributed by atoms with Crippen molar-refractivity contribution in [3.8, 4) is 0 Å². The van der Waals surface area contributed by atoms with Crippen molar-refractivity contribution < 1.29 is 23.2 Å². The van der Waals surface area contributed by atoms with Crippen molar-refractivity contribution in [2.24, 2.45) is 0 Å². The second-order valence-electron chi connectivity index (χ2n) is 10.1. The Morgan fingerprint density at radius 1 is 0.900 bits per heavy atom. The van der Waals surface area contributed by atoms with Gasteiger partial charge in [-0.15, -0.1) is 0 Å². The van der Waals surface area contributed by atoms with E-state index < -0.39 is 35.4 Å². The van der Waals surface area contributed by atoms with E-state index in [1.807, 2.05) is 18.2 Å². The molecular weight excluding hydrogens is 514 g/mol. The fourth-order valence-electron chi connectivity index (χ4n) is 4.87. The minimum absolute atomic E-state index is 0.0345. The van der Waals surface area contributed by atoms with Gasteiger partial charge in [0.1, 0.15) is 17.7 Å².